The lowest BCUT2D eigenvalue weighted by atomic mass is 9.86. The summed E-state index contributed by atoms with van der Waals surface area (Å²) in [5, 5.41) is 3.53. The van der Waals surface area contributed by atoms with Crippen molar-refractivity contribution in [3.8, 4) is 5.75 Å². The van der Waals surface area contributed by atoms with Crippen LogP contribution in [0, 0.1) is 17.8 Å². The number of halogens is 1. The summed E-state index contributed by atoms with van der Waals surface area (Å²) < 4.78 is 12.0. The van der Waals surface area contributed by atoms with Gasteiger partial charge in [-0.2, -0.15) is 0 Å². The minimum absolute atomic E-state index is 0.0167. The van der Waals surface area contributed by atoms with Crippen LogP contribution >= 0.6 is 11.6 Å². The van der Waals surface area contributed by atoms with E-state index in [1.165, 1.54) is 12.8 Å². The van der Waals surface area contributed by atoms with E-state index in [0.717, 1.165) is 23.8 Å². The second kappa shape index (κ2) is 7.88. The van der Waals surface area contributed by atoms with Crippen LogP contribution in [0.25, 0.3) is 0 Å². The first-order chi connectivity index (χ1) is 14.2. The average molecular weight is 413 g/mol. The van der Waals surface area contributed by atoms with Gasteiger partial charge < -0.3 is 19.7 Å². The van der Waals surface area contributed by atoms with Crippen molar-refractivity contribution in [3.05, 3.63) is 59.1 Å². The molecule has 3 aliphatic rings. The van der Waals surface area contributed by atoms with Crippen LogP contribution in [0.3, 0.4) is 0 Å². The van der Waals surface area contributed by atoms with Gasteiger partial charge in [-0.1, -0.05) is 41.9 Å². The highest BCUT2D eigenvalue weighted by molar-refractivity contribution is 6.33. The number of hydrogen-bond acceptors (Lipinski definition) is 3. The highest BCUT2D eigenvalue weighted by Gasteiger charge is 2.48. The van der Waals surface area contributed by atoms with Gasteiger partial charge in [0.15, 0.2) is 0 Å². The fourth-order valence-electron chi connectivity index (χ4n) is 4.46. The number of likely N-dealkylation sites (tertiary alicyclic amines) is 1. The van der Waals surface area contributed by atoms with E-state index in [1.807, 2.05) is 41.3 Å². The normalized spacial score (nSPS) is 25.1. The number of benzene rings is 2. The van der Waals surface area contributed by atoms with Gasteiger partial charge in [-0.25, -0.2) is 4.79 Å². The highest BCUT2D eigenvalue weighted by Crippen LogP contribution is 2.47. The number of urea groups is 1. The summed E-state index contributed by atoms with van der Waals surface area (Å²) in [7, 11) is 0. The molecule has 3 atom stereocenters. The van der Waals surface area contributed by atoms with Crippen molar-refractivity contribution in [3.63, 3.8) is 0 Å². The van der Waals surface area contributed by atoms with Gasteiger partial charge in [0.25, 0.3) is 0 Å². The van der Waals surface area contributed by atoms with Gasteiger partial charge in [0, 0.05) is 30.6 Å². The lowest BCUT2D eigenvalue weighted by molar-refractivity contribution is 0.0644. The van der Waals surface area contributed by atoms with Gasteiger partial charge in [-0.05, 0) is 37.0 Å². The van der Waals surface area contributed by atoms with Gasteiger partial charge in [0.1, 0.15) is 5.75 Å². The number of carbonyl (C=O) groups excluding carboxylic acids is 1. The molecule has 0 unspecified atom stereocenters. The average Bonchev–Trinajstić information content (AvgIpc) is 3.48. The van der Waals surface area contributed by atoms with Gasteiger partial charge in [0.2, 0.25) is 0 Å². The third kappa shape index (κ3) is 3.81. The van der Waals surface area contributed by atoms with E-state index in [1.54, 1.807) is 6.07 Å². The van der Waals surface area contributed by atoms with E-state index in [4.69, 9.17) is 21.1 Å². The van der Waals surface area contributed by atoms with Crippen molar-refractivity contribution < 1.29 is 14.3 Å². The second-order valence-electron chi connectivity index (χ2n) is 8.26. The van der Waals surface area contributed by atoms with E-state index < -0.39 is 0 Å². The molecular formula is C23H25ClN2O3. The first kappa shape index (κ1) is 18.8. The predicted octanol–water partition coefficient (Wildman–Crippen LogP) is 4.98. The summed E-state index contributed by atoms with van der Waals surface area (Å²) in [5.41, 5.74) is 1.70. The van der Waals surface area contributed by atoms with Crippen LogP contribution in [0.2, 0.25) is 5.02 Å². The number of nitrogens with one attached hydrogen (secondary N) is 1. The number of anilines is 1. The Bertz CT molecular complexity index is 901. The third-order valence-corrected chi connectivity index (χ3v) is 6.54. The standard InChI is InChI=1S/C23H25ClN2O3/c24-19-6-2-3-7-20(19)25-23(27)26-11-16(13-28-12-15-9-10-15)18-14-29-21-8-4-1-5-17(21)22(18)26/h1-8,15-16,18,22H,9-14H2,(H,25,27)/t16-,18-,22-/m0/s1. The number of para-hydroxylation sites is 2. The summed E-state index contributed by atoms with van der Waals surface area (Å²) in [4.78, 5) is 15.2. The van der Waals surface area contributed by atoms with E-state index in [-0.39, 0.29) is 23.9 Å². The predicted molar refractivity (Wildman–Crippen MR) is 112 cm³/mol. The van der Waals surface area contributed by atoms with Crippen molar-refractivity contribution in [2.45, 2.75) is 18.9 Å². The quantitative estimate of drug-likeness (QED) is 0.753. The zero-order chi connectivity index (χ0) is 19.8. The number of ether oxygens (including phenoxy) is 2. The Kier molecular flexibility index (Phi) is 5.10. The van der Waals surface area contributed by atoms with Gasteiger partial charge >= 0.3 is 6.03 Å². The molecule has 1 aliphatic carbocycles. The zero-order valence-corrected chi connectivity index (χ0v) is 17.0. The lowest BCUT2D eigenvalue weighted by Gasteiger charge is -2.34. The summed E-state index contributed by atoms with van der Waals surface area (Å²) in [6.07, 6.45) is 2.55. The summed E-state index contributed by atoms with van der Waals surface area (Å²) >= 11 is 6.25. The van der Waals surface area contributed by atoms with Crippen molar-refractivity contribution in [2.75, 3.05) is 31.7 Å². The molecule has 1 saturated carbocycles. The summed E-state index contributed by atoms with van der Waals surface area (Å²) in [5.74, 6) is 2.07. The zero-order valence-electron chi connectivity index (χ0n) is 16.2. The minimum Gasteiger partial charge on any atom is -0.493 e. The summed E-state index contributed by atoms with van der Waals surface area (Å²) in [6, 6.07) is 15.2. The van der Waals surface area contributed by atoms with Crippen molar-refractivity contribution in [1.82, 2.24) is 4.90 Å². The van der Waals surface area contributed by atoms with Crippen molar-refractivity contribution in [1.29, 1.82) is 0 Å². The molecule has 2 fully saturated rings. The van der Waals surface area contributed by atoms with E-state index in [2.05, 4.69) is 11.4 Å². The Balaban J connectivity index is 1.38. The Hall–Kier alpha value is -2.24. The van der Waals surface area contributed by atoms with Gasteiger partial charge in [-0.3, -0.25) is 0 Å². The van der Waals surface area contributed by atoms with Crippen molar-refractivity contribution >= 4 is 23.3 Å². The molecule has 152 valence electrons. The van der Waals surface area contributed by atoms with Crippen LogP contribution in [0.5, 0.6) is 5.75 Å². The number of hydrogen-bond donors (Lipinski definition) is 1. The van der Waals surface area contributed by atoms with Crippen LogP contribution < -0.4 is 10.1 Å². The largest absolute Gasteiger partial charge is 0.493 e. The number of carbonyl (C=O) groups is 1. The first-order valence-corrected chi connectivity index (χ1v) is 10.7. The van der Waals surface area contributed by atoms with E-state index in [9.17, 15) is 4.79 Å². The van der Waals surface area contributed by atoms with Crippen LogP contribution in [-0.2, 0) is 4.74 Å². The number of amides is 2. The number of rotatable bonds is 5. The Labute approximate surface area is 175 Å². The first-order valence-electron chi connectivity index (χ1n) is 10.3. The van der Waals surface area contributed by atoms with Crippen LogP contribution in [0.1, 0.15) is 24.4 Å². The SMILES string of the molecule is O=C(Nc1ccccc1Cl)N1C[C@@H](COCC2CC2)[C@@H]2COc3ccccc3[C@@H]21. The maximum atomic E-state index is 13.2. The molecule has 2 amide bonds. The molecule has 1 saturated heterocycles. The smallest absolute Gasteiger partial charge is 0.322 e. The molecule has 0 aromatic heterocycles. The fourth-order valence-corrected chi connectivity index (χ4v) is 4.65. The molecule has 0 bridgehead atoms. The van der Waals surface area contributed by atoms with Gasteiger partial charge in [0.05, 0.1) is 30.0 Å². The fraction of sp³-hybridized carbons (Fsp3) is 0.435. The summed E-state index contributed by atoms with van der Waals surface area (Å²) in [6.45, 7) is 2.75. The monoisotopic (exact) mass is 412 g/mol. The highest BCUT2D eigenvalue weighted by atomic mass is 35.5. The van der Waals surface area contributed by atoms with E-state index >= 15 is 0 Å². The molecule has 0 spiro atoms. The molecule has 6 heteroatoms. The Morgan fingerprint density at radius 2 is 1.93 bits per heavy atom. The second-order valence-corrected chi connectivity index (χ2v) is 8.67. The van der Waals surface area contributed by atoms with Crippen LogP contribution in [0.4, 0.5) is 10.5 Å². The molecule has 2 aromatic rings. The van der Waals surface area contributed by atoms with Crippen LogP contribution in [0.15, 0.2) is 48.5 Å². The number of nitrogens with zero attached hydrogens (tertiary/aromatic N) is 1. The van der Waals surface area contributed by atoms with E-state index in [0.29, 0.717) is 30.5 Å². The molecule has 2 aliphatic heterocycles. The van der Waals surface area contributed by atoms with Crippen LogP contribution in [-0.4, -0.2) is 37.3 Å². The molecule has 0 radical (unpaired) electrons. The van der Waals surface area contributed by atoms with Crippen molar-refractivity contribution in [2.24, 2.45) is 17.8 Å². The maximum absolute atomic E-state index is 13.2. The third-order valence-electron chi connectivity index (χ3n) is 6.21. The molecular weight excluding hydrogens is 388 g/mol. The number of fused-ring (bicyclic) bond motifs is 3. The molecule has 5 nitrogen and oxygen atoms in total. The topological polar surface area (TPSA) is 50.8 Å². The molecule has 5 rings (SSSR count). The molecule has 2 aromatic carbocycles. The minimum atomic E-state index is -0.130. The Morgan fingerprint density at radius 3 is 2.76 bits per heavy atom. The maximum Gasteiger partial charge on any atom is 0.322 e. The van der Waals surface area contributed by atoms with Gasteiger partial charge in [-0.15, -0.1) is 0 Å². The molecule has 29 heavy (non-hydrogen) atoms. The lowest BCUT2D eigenvalue weighted by Crippen LogP contribution is -2.38. The molecule has 2 heterocycles. The Morgan fingerprint density at radius 1 is 1.14 bits per heavy atom. The molecule has 1 N–H and O–H groups in total.